The highest BCUT2D eigenvalue weighted by Gasteiger charge is 2.21. The van der Waals surface area contributed by atoms with Crippen molar-refractivity contribution >= 4 is 24.1 Å². The molecule has 10 heteroatoms. The van der Waals surface area contributed by atoms with Gasteiger partial charge in [0.25, 0.3) is 0 Å². The number of nitro benzene ring substituents is 1. The Balaban J connectivity index is 2.50. The Bertz CT molecular complexity index is 811. The maximum absolute atomic E-state index is 11.2. The fourth-order valence-corrected chi connectivity index (χ4v) is 2.17. The highest BCUT2D eigenvalue weighted by atomic mass is 32.1. The van der Waals surface area contributed by atoms with Gasteiger partial charge in [0.15, 0.2) is 11.6 Å². The number of nitrogens with one attached hydrogen (secondary N) is 1. The number of hydrogen-bond donors (Lipinski definition) is 1. The van der Waals surface area contributed by atoms with E-state index in [2.05, 4.69) is 15.3 Å². The van der Waals surface area contributed by atoms with Crippen molar-refractivity contribution in [2.24, 2.45) is 5.10 Å². The summed E-state index contributed by atoms with van der Waals surface area (Å²) in [6.07, 6.45) is 2.08. The van der Waals surface area contributed by atoms with Crippen molar-refractivity contribution in [3.05, 3.63) is 38.4 Å². The quantitative estimate of drug-likeness (QED) is 0.375. The zero-order chi connectivity index (χ0) is 17.0. The van der Waals surface area contributed by atoms with Crippen molar-refractivity contribution in [3.8, 4) is 11.5 Å². The van der Waals surface area contributed by atoms with Gasteiger partial charge in [-0.3, -0.25) is 15.2 Å². The third-order valence-corrected chi connectivity index (χ3v) is 3.30. The van der Waals surface area contributed by atoms with Gasteiger partial charge in [-0.2, -0.15) is 14.9 Å². The molecule has 0 unspecified atom stereocenters. The van der Waals surface area contributed by atoms with Gasteiger partial charge in [-0.05, 0) is 18.3 Å². The number of ether oxygens (including phenoxy) is 2. The molecular weight excluding hydrogens is 322 g/mol. The normalized spacial score (nSPS) is 10.9. The van der Waals surface area contributed by atoms with Crippen molar-refractivity contribution in [1.82, 2.24) is 14.9 Å². The van der Waals surface area contributed by atoms with E-state index in [4.69, 9.17) is 21.7 Å². The lowest BCUT2D eigenvalue weighted by molar-refractivity contribution is -0.385. The van der Waals surface area contributed by atoms with Crippen LogP contribution in [0.3, 0.4) is 0 Å². The minimum atomic E-state index is -0.542. The number of aromatic nitrogens is 3. The summed E-state index contributed by atoms with van der Waals surface area (Å²) in [5, 5.41) is 22.1. The van der Waals surface area contributed by atoms with E-state index in [-0.39, 0.29) is 17.2 Å². The molecule has 2 aromatic rings. The third kappa shape index (κ3) is 3.37. The molecule has 0 saturated heterocycles. The Hall–Kier alpha value is -2.75. The fourth-order valence-electron chi connectivity index (χ4n) is 1.97. The largest absolute Gasteiger partial charge is 0.493 e. The molecule has 2 rings (SSSR count). The van der Waals surface area contributed by atoms with E-state index in [1.807, 2.05) is 6.92 Å². The van der Waals surface area contributed by atoms with Gasteiger partial charge in [-0.1, -0.05) is 6.92 Å². The minimum Gasteiger partial charge on any atom is -0.493 e. The van der Waals surface area contributed by atoms with Crippen LogP contribution in [0.2, 0.25) is 0 Å². The van der Waals surface area contributed by atoms with Crippen LogP contribution in [0.25, 0.3) is 0 Å². The second-order valence-corrected chi connectivity index (χ2v) is 4.77. The summed E-state index contributed by atoms with van der Waals surface area (Å²) in [5.74, 6) is 0.958. The first-order valence-electron chi connectivity index (χ1n) is 6.62. The molecule has 0 bridgehead atoms. The van der Waals surface area contributed by atoms with Crippen LogP contribution >= 0.6 is 12.2 Å². The van der Waals surface area contributed by atoms with E-state index >= 15 is 0 Å². The van der Waals surface area contributed by atoms with Gasteiger partial charge in [0.05, 0.1) is 25.4 Å². The van der Waals surface area contributed by atoms with E-state index in [9.17, 15) is 10.1 Å². The maximum Gasteiger partial charge on any atom is 0.315 e. The van der Waals surface area contributed by atoms with Crippen LogP contribution in [0.5, 0.6) is 11.5 Å². The monoisotopic (exact) mass is 337 g/mol. The van der Waals surface area contributed by atoms with Crippen LogP contribution in [-0.4, -0.2) is 40.2 Å². The maximum atomic E-state index is 11.2. The summed E-state index contributed by atoms with van der Waals surface area (Å²) in [6, 6.07) is 2.94. The Morgan fingerprint density at radius 3 is 2.78 bits per heavy atom. The molecule has 9 nitrogen and oxygen atoms in total. The van der Waals surface area contributed by atoms with Gasteiger partial charge in [0, 0.05) is 18.1 Å². The highest BCUT2D eigenvalue weighted by molar-refractivity contribution is 7.71. The SMILES string of the molecule is CCc1n[nH]c(=S)n1/N=C\c1cc(OC)c(OC)c([N+](=O)[O-])c1. The average Bonchev–Trinajstić information content (AvgIpc) is 2.91. The van der Waals surface area contributed by atoms with Gasteiger partial charge in [-0.25, -0.2) is 0 Å². The molecule has 0 saturated carbocycles. The molecule has 23 heavy (non-hydrogen) atoms. The molecule has 0 atom stereocenters. The summed E-state index contributed by atoms with van der Waals surface area (Å²) < 4.78 is 12.0. The Morgan fingerprint density at radius 2 is 2.22 bits per heavy atom. The molecule has 0 aliphatic rings. The second kappa shape index (κ2) is 7.01. The van der Waals surface area contributed by atoms with Crippen LogP contribution in [0.4, 0.5) is 5.69 Å². The van der Waals surface area contributed by atoms with E-state index in [0.29, 0.717) is 22.6 Å². The van der Waals surface area contributed by atoms with Crippen molar-refractivity contribution in [3.63, 3.8) is 0 Å². The van der Waals surface area contributed by atoms with Crippen LogP contribution in [0.1, 0.15) is 18.3 Å². The number of nitro groups is 1. The summed E-state index contributed by atoms with van der Waals surface area (Å²) in [5.41, 5.74) is 0.263. The lowest BCUT2D eigenvalue weighted by Gasteiger charge is -2.08. The molecule has 0 aliphatic carbocycles. The van der Waals surface area contributed by atoms with Crippen LogP contribution in [0.15, 0.2) is 17.2 Å². The molecule has 0 aliphatic heterocycles. The van der Waals surface area contributed by atoms with Crippen LogP contribution in [-0.2, 0) is 6.42 Å². The van der Waals surface area contributed by atoms with Crippen molar-refractivity contribution in [1.29, 1.82) is 0 Å². The zero-order valence-electron chi connectivity index (χ0n) is 12.8. The van der Waals surface area contributed by atoms with Crippen molar-refractivity contribution < 1.29 is 14.4 Å². The first-order valence-corrected chi connectivity index (χ1v) is 7.03. The van der Waals surface area contributed by atoms with Crippen LogP contribution < -0.4 is 9.47 Å². The van der Waals surface area contributed by atoms with E-state index < -0.39 is 4.92 Å². The Kier molecular flexibility index (Phi) is 5.06. The number of H-pyrrole nitrogens is 1. The predicted molar refractivity (Wildman–Crippen MR) is 86.0 cm³/mol. The smallest absolute Gasteiger partial charge is 0.315 e. The van der Waals surface area contributed by atoms with E-state index in [0.717, 1.165) is 0 Å². The van der Waals surface area contributed by atoms with Gasteiger partial charge in [-0.15, -0.1) is 0 Å². The zero-order valence-corrected chi connectivity index (χ0v) is 13.6. The number of methoxy groups -OCH3 is 2. The Morgan fingerprint density at radius 1 is 1.48 bits per heavy atom. The average molecular weight is 337 g/mol. The van der Waals surface area contributed by atoms with Gasteiger partial charge in [0.2, 0.25) is 10.5 Å². The second-order valence-electron chi connectivity index (χ2n) is 4.39. The van der Waals surface area contributed by atoms with Gasteiger partial charge >= 0.3 is 5.69 Å². The number of hydrogen-bond acceptors (Lipinski definition) is 7. The van der Waals surface area contributed by atoms with E-state index in [1.54, 1.807) is 6.07 Å². The minimum absolute atomic E-state index is 0.0591. The van der Waals surface area contributed by atoms with Gasteiger partial charge < -0.3 is 9.47 Å². The molecule has 1 N–H and O–H groups in total. The first-order chi connectivity index (χ1) is 11.0. The molecule has 0 amide bonds. The molecule has 1 heterocycles. The number of rotatable bonds is 6. The standard InChI is InChI=1S/C13H15N5O4S/c1-4-11-15-16-13(23)17(11)14-7-8-5-9(18(19)20)12(22-3)10(6-8)21-2/h5-7H,4H2,1-3H3,(H,16,23)/b14-7-. The number of aromatic amines is 1. The summed E-state index contributed by atoms with van der Waals surface area (Å²) >= 11 is 5.09. The number of benzene rings is 1. The molecule has 0 fully saturated rings. The predicted octanol–water partition coefficient (Wildman–Crippen LogP) is 2.31. The van der Waals surface area contributed by atoms with Gasteiger partial charge in [0.1, 0.15) is 0 Å². The summed E-state index contributed by atoms with van der Waals surface area (Å²) in [4.78, 5) is 10.6. The third-order valence-electron chi connectivity index (χ3n) is 3.03. The first kappa shape index (κ1) is 16.6. The lowest BCUT2D eigenvalue weighted by atomic mass is 10.2. The van der Waals surface area contributed by atoms with Crippen LogP contribution in [0, 0.1) is 14.9 Å². The topological polar surface area (TPSA) is 108 Å². The van der Waals surface area contributed by atoms with Crippen molar-refractivity contribution in [2.45, 2.75) is 13.3 Å². The van der Waals surface area contributed by atoms with Crippen molar-refractivity contribution in [2.75, 3.05) is 14.2 Å². The molecule has 1 aromatic carbocycles. The number of aryl methyl sites for hydroxylation is 1. The summed E-state index contributed by atoms with van der Waals surface area (Å²) in [7, 11) is 2.75. The molecule has 122 valence electrons. The summed E-state index contributed by atoms with van der Waals surface area (Å²) in [6.45, 7) is 1.91. The van der Waals surface area contributed by atoms with E-state index in [1.165, 1.54) is 31.2 Å². The lowest BCUT2D eigenvalue weighted by Crippen LogP contribution is -2.00. The molecule has 0 radical (unpaired) electrons. The molecular formula is C13H15N5O4S. The molecule has 1 aromatic heterocycles. The highest BCUT2D eigenvalue weighted by Crippen LogP contribution is 2.37. The number of nitrogens with zero attached hydrogens (tertiary/aromatic N) is 4. The Labute approximate surface area is 136 Å². The fraction of sp³-hybridized carbons (Fsp3) is 0.308. The molecule has 0 spiro atoms.